The van der Waals surface area contributed by atoms with Crippen LogP contribution in [0.2, 0.25) is 0 Å². The van der Waals surface area contributed by atoms with E-state index in [2.05, 4.69) is 20.6 Å². The van der Waals surface area contributed by atoms with Crippen LogP contribution in [0.25, 0.3) is 11.4 Å². The SMILES string of the molecule is O=[N+]([O-])c1ccc(-c2nn[nH]n2)cc1F. The zero-order chi connectivity index (χ0) is 10.8. The Kier molecular flexibility index (Phi) is 2.08. The number of nitro groups is 1. The molecule has 1 aromatic heterocycles. The summed E-state index contributed by atoms with van der Waals surface area (Å²) in [6, 6.07) is 3.40. The molecular formula is C7H4FN5O2. The summed E-state index contributed by atoms with van der Waals surface area (Å²) in [5, 5.41) is 23.1. The fourth-order valence-electron chi connectivity index (χ4n) is 1.08. The number of nitro benzene ring substituents is 1. The molecule has 0 atom stereocenters. The van der Waals surface area contributed by atoms with Gasteiger partial charge in [0, 0.05) is 11.6 Å². The van der Waals surface area contributed by atoms with Gasteiger partial charge in [-0.05, 0) is 17.3 Å². The number of aromatic nitrogens is 4. The first-order valence-corrected chi connectivity index (χ1v) is 3.86. The van der Waals surface area contributed by atoms with Crippen LogP contribution < -0.4 is 0 Å². The number of aromatic amines is 1. The summed E-state index contributed by atoms with van der Waals surface area (Å²) in [7, 11) is 0. The molecular weight excluding hydrogens is 205 g/mol. The fourth-order valence-corrected chi connectivity index (χ4v) is 1.08. The minimum absolute atomic E-state index is 0.184. The highest BCUT2D eigenvalue weighted by Crippen LogP contribution is 2.22. The Hall–Kier alpha value is -2.38. The molecule has 15 heavy (non-hydrogen) atoms. The Bertz CT molecular complexity index is 498. The molecule has 1 N–H and O–H groups in total. The molecule has 0 saturated heterocycles. The largest absolute Gasteiger partial charge is 0.304 e. The molecule has 0 aliphatic carbocycles. The van der Waals surface area contributed by atoms with Gasteiger partial charge in [0.25, 0.3) is 0 Å². The first kappa shape index (κ1) is 9.19. The number of hydrogen-bond donors (Lipinski definition) is 1. The number of nitrogens with one attached hydrogen (secondary N) is 1. The highest BCUT2D eigenvalue weighted by molar-refractivity contribution is 5.56. The quantitative estimate of drug-likeness (QED) is 0.585. The third kappa shape index (κ3) is 1.64. The summed E-state index contributed by atoms with van der Waals surface area (Å²) in [5.41, 5.74) is -0.255. The summed E-state index contributed by atoms with van der Waals surface area (Å²) in [6.45, 7) is 0. The number of H-pyrrole nitrogens is 1. The average molecular weight is 209 g/mol. The Morgan fingerprint density at radius 1 is 1.47 bits per heavy atom. The maximum absolute atomic E-state index is 13.2. The first-order valence-electron chi connectivity index (χ1n) is 3.86. The van der Waals surface area contributed by atoms with Crippen LogP contribution in [-0.4, -0.2) is 25.5 Å². The molecule has 0 aliphatic rings. The molecule has 2 rings (SSSR count). The Labute approximate surface area is 82.1 Å². The molecule has 0 radical (unpaired) electrons. The standard InChI is InChI=1S/C7H4FN5O2/c8-5-3-4(7-9-11-12-10-7)1-2-6(5)13(14)15/h1-3H,(H,9,10,11,12). The molecule has 0 fully saturated rings. The minimum atomic E-state index is -0.928. The number of hydrogen-bond acceptors (Lipinski definition) is 5. The molecule has 8 heteroatoms. The van der Waals surface area contributed by atoms with Gasteiger partial charge in [0.05, 0.1) is 4.92 Å². The lowest BCUT2D eigenvalue weighted by molar-refractivity contribution is -0.387. The van der Waals surface area contributed by atoms with Crippen LogP contribution in [-0.2, 0) is 0 Å². The predicted molar refractivity (Wildman–Crippen MR) is 46.2 cm³/mol. The van der Waals surface area contributed by atoms with E-state index in [-0.39, 0.29) is 5.82 Å². The normalized spacial score (nSPS) is 10.2. The molecule has 7 nitrogen and oxygen atoms in total. The molecule has 0 spiro atoms. The van der Waals surface area contributed by atoms with Gasteiger partial charge in [0.1, 0.15) is 0 Å². The Balaban J connectivity index is 2.47. The summed E-state index contributed by atoms with van der Waals surface area (Å²) in [4.78, 5) is 9.54. The molecule has 0 saturated carbocycles. The second kappa shape index (κ2) is 3.40. The maximum Gasteiger partial charge on any atom is 0.304 e. The first-order chi connectivity index (χ1) is 7.18. The van der Waals surface area contributed by atoms with Crippen LogP contribution in [0.1, 0.15) is 0 Å². The number of rotatable bonds is 2. The highest BCUT2D eigenvalue weighted by atomic mass is 19.1. The van der Waals surface area contributed by atoms with E-state index < -0.39 is 16.4 Å². The Morgan fingerprint density at radius 3 is 2.80 bits per heavy atom. The van der Waals surface area contributed by atoms with Crippen molar-refractivity contribution in [2.45, 2.75) is 0 Å². The average Bonchev–Trinajstić information content (AvgIpc) is 2.69. The van der Waals surface area contributed by atoms with Gasteiger partial charge < -0.3 is 0 Å². The van der Waals surface area contributed by atoms with E-state index in [0.717, 1.165) is 12.1 Å². The second-order valence-corrected chi connectivity index (χ2v) is 2.66. The molecule has 76 valence electrons. The molecule has 0 aliphatic heterocycles. The van der Waals surface area contributed by atoms with Crippen molar-refractivity contribution >= 4 is 5.69 Å². The third-order valence-corrected chi connectivity index (χ3v) is 1.75. The number of nitrogens with zero attached hydrogens (tertiary/aromatic N) is 4. The molecule has 0 bridgehead atoms. The zero-order valence-corrected chi connectivity index (χ0v) is 7.22. The van der Waals surface area contributed by atoms with Crippen LogP contribution in [0.15, 0.2) is 18.2 Å². The van der Waals surface area contributed by atoms with Crippen molar-refractivity contribution in [2.75, 3.05) is 0 Å². The van der Waals surface area contributed by atoms with Crippen molar-refractivity contribution < 1.29 is 9.31 Å². The van der Waals surface area contributed by atoms with Gasteiger partial charge in [-0.15, -0.1) is 10.2 Å². The zero-order valence-electron chi connectivity index (χ0n) is 7.22. The van der Waals surface area contributed by atoms with Gasteiger partial charge in [-0.25, -0.2) is 0 Å². The maximum atomic E-state index is 13.2. The van der Waals surface area contributed by atoms with Gasteiger partial charge in [-0.2, -0.15) is 9.60 Å². The number of benzene rings is 1. The van der Waals surface area contributed by atoms with Crippen molar-refractivity contribution in [2.24, 2.45) is 0 Å². The Morgan fingerprint density at radius 2 is 2.27 bits per heavy atom. The smallest absolute Gasteiger partial charge is 0.258 e. The van der Waals surface area contributed by atoms with E-state index >= 15 is 0 Å². The molecule has 0 amide bonds. The van der Waals surface area contributed by atoms with Crippen molar-refractivity contribution in [1.82, 2.24) is 20.6 Å². The molecule has 2 aromatic rings. The topological polar surface area (TPSA) is 97.6 Å². The van der Waals surface area contributed by atoms with Gasteiger partial charge in [-0.3, -0.25) is 10.1 Å². The second-order valence-electron chi connectivity index (χ2n) is 2.66. The van der Waals surface area contributed by atoms with E-state index in [4.69, 9.17) is 0 Å². The lowest BCUT2D eigenvalue weighted by Crippen LogP contribution is -1.93. The number of tetrazole rings is 1. The van der Waals surface area contributed by atoms with Crippen LogP contribution in [0.3, 0.4) is 0 Å². The van der Waals surface area contributed by atoms with E-state index in [9.17, 15) is 14.5 Å². The summed E-state index contributed by atoms with van der Waals surface area (Å²) >= 11 is 0. The van der Waals surface area contributed by atoms with E-state index in [1.54, 1.807) is 0 Å². The van der Waals surface area contributed by atoms with Crippen molar-refractivity contribution in [3.63, 3.8) is 0 Å². The fraction of sp³-hybridized carbons (Fsp3) is 0. The van der Waals surface area contributed by atoms with Gasteiger partial charge >= 0.3 is 5.69 Å². The summed E-state index contributed by atoms with van der Waals surface area (Å²) in [6.07, 6.45) is 0. The number of halogens is 1. The van der Waals surface area contributed by atoms with Crippen molar-refractivity contribution in [1.29, 1.82) is 0 Å². The minimum Gasteiger partial charge on any atom is -0.258 e. The molecule has 1 aromatic carbocycles. The monoisotopic (exact) mass is 209 g/mol. The highest BCUT2D eigenvalue weighted by Gasteiger charge is 2.15. The van der Waals surface area contributed by atoms with Crippen LogP contribution >= 0.6 is 0 Å². The van der Waals surface area contributed by atoms with Gasteiger partial charge in [-0.1, -0.05) is 0 Å². The van der Waals surface area contributed by atoms with E-state index in [1.165, 1.54) is 6.07 Å². The predicted octanol–water partition coefficient (Wildman–Crippen LogP) is 0.914. The summed E-state index contributed by atoms with van der Waals surface area (Å²) in [5.74, 6) is -0.744. The van der Waals surface area contributed by atoms with Crippen LogP contribution in [0.4, 0.5) is 10.1 Å². The summed E-state index contributed by atoms with van der Waals surface area (Å²) < 4.78 is 13.2. The van der Waals surface area contributed by atoms with Gasteiger partial charge in [0.15, 0.2) is 0 Å². The lowest BCUT2D eigenvalue weighted by atomic mass is 10.2. The van der Waals surface area contributed by atoms with E-state index in [0.29, 0.717) is 5.56 Å². The molecule has 0 unspecified atom stereocenters. The van der Waals surface area contributed by atoms with Crippen molar-refractivity contribution in [3.05, 3.63) is 34.1 Å². The van der Waals surface area contributed by atoms with E-state index in [1.807, 2.05) is 0 Å². The lowest BCUT2D eigenvalue weighted by Gasteiger charge is -1.95. The van der Waals surface area contributed by atoms with Crippen LogP contribution in [0.5, 0.6) is 0 Å². The van der Waals surface area contributed by atoms with Crippen LogP contribution in [0, 0.1) is 15.9 Å². The van der Waals surface area contributed by atoms with Crippen molar-refractivity contribution in [3.8, 4) is 11.4 Å². The third-order valence-electron chi connectivity index (χ3n) is 1.75. The molecule has 1 heterocycles. The van der Waals surface area contributed by atoms with Gasteiger partial charge in [0.2, 0.25) is 11.6 Å².